The monoisotopic (exact) mass is 224 g/mol. The molecule has 0 amide bonds. The van der Waals surface area contributed by atoms with Gasteiger partial charge in [-0.2, -0.15) is 0 Å². The van der Waals surface area contributed by atoms with Crippen LogP contribution in [0.15, 0.2) is 0 Å². The van der Waals surface area contributed by atoms with Crippen molar-refractivity contribution < 1.29 is 9.53 Å². The maximum Gasteiger partial charge on any atom is 0.308 e. The third-order valence-corrected chi connectivity index (χ3v) is 4.55. The summed E-state index contributed by atoms with van der Waals surface area (Å²) in [6.07, 6.45) is 8.88. The van der Waals surface area contributed by atoms with Crippen LogP contribution in [0.3, 0.4) is 0 Å². The molecular formula is C14H24O2. The molecule has 92 valence electrons. The smallest absolute Gasteiger partial charge is 0.308 e. The van der Waals surface area contributed by atoms with Gasteiger partial charge in [0.25, 0.3) is 0 Å². The second-order valence-corrected chi connectivity index (χ2v) is 5.64. The molecule has 2 fully saturated rings. The molecule has 2 nitrogen and oxygen atoms in total. The van der Waals surface area contributed by atoms with Crippen LogP contribution >= 0.6 is 0 Å². The number of carbonyl (C=O) groups excluding carboxylic acids is 1. The fourth-order valence-electron chi connectivity index (χ4n) is 3.16. The highest BCUT2D eigenvalue weighted by Gasteiger charge is 2.34. The van der Waals surface area contributed by atoms with E-state index in [1.807, 2.05) is 6.92 Å². The standard InChI is InChI=1S/C14H24O2/c1-3-11-5-7-12(8-6-11)13-9-4-10(2)14(15)16-13/h10-13H,3-9H2,1-2H3. The number of esters is 1. The van der Waals surface area contributed by atoms with Crippen LogP contribution in [0.25, 0.3) is 0 Å². The maximum atomic E-state index is 11.5. The molecule has 1 heterocycles. The van der Waals surface area contributed by atoms with E-state index < -0.39 is 0 Å². The van der Waals surface area contributed by atoms with E-state index in [0.717, 1.165) is 18.8 Å². The summed E-state index contributed by atoms with van der Waals surface area (Å²) >= 11 is 0. The minimum absolute atomic E-state index is 0.0360. The molecular weight excluding hydrogens is 200 g/mol. The topological polar surface area (TPSA) is 26.3 Å². The molecule has 0 N–H and O–H groups in total. The van der Waals surface area contributed by atoms with Crippen molar-refractivity contribution >= 4 is 5.97 Å². The van der Waals surface area contributed by atoms with Crippen LogP contribution in [-0.4, -0.2) is 12.1 Å². The molecule has 2 rings (SSSR count). The Labute approximate surface area is 98.7 Å². The highest BCUT2D eigenvalue weighted by molar-refractivity contribution is 5.72. The number of ether oxygens (including phenoxy) is 1. The van der Waals surface area contributed by atoms with Gasteiger partial charge in [-0.25, -0.2) is 0 Å². The predicted molar refractivity (Wildman–Crippen MR) is 64.0 cm³/mol. The summed E-state index contributed by atoms with van der Waals surface area (Å²) in [5.74, 6) is 1.74. The van der Waals surface area contributed by atoms with Gasteiger partial charge in [-0.1, -0.05) is 33.1 Å². The molecule has 1 aliphatic heterocycles. The molecule has 16 heavy (non-hydrogen) atoms. The van der Waals surface area contributed by atoms with Crippen LogP contribution in [0, 0.1) is 17.8 Å². The van der Waals surface area contributed by atoms with Crippen LogP contribution in [0.1, 0.15) is 58.8 Å². The first-order chi connectivity index (χ1) is 7.70. The molecule has 1 aliphatic carbocycles. The molecule has 2 aliphatic rings. The Bertz CT molecular complexity index is 241. The Morgan fingerprint density at radius 1 is 1.12 bits per heavy atom. The Kier molecular flexibility index (Phi) is 3.88. The summed E-state index contributed by atoms with van der Waals surface area (Å²) in [5.41, 5.74) is 0. The average molecular weight is 224 g/mol. The summed E-state index contributed by atoms with van der Waals surface area (Å²) in [6, 6.07) is 0. The highest BCUT2D eigenvalue weighted by atomic mass is 16.5. The van der Waals surface area contributed by atoms with E-state index in [2.05, 4.69) is 6.92 Å². The zero-order chi connectivity index (χ0) is 11.5. The van der Waals surface area contributed by atoms with Crippen molar-refractivity contribution in [1.29, 1.82) is 0 Å². The first-order valence-electron chi connectivity index (χ1n) is 6.91. The van der Waals surface area contributed by atoms with E-state index >= 15 is 0 Å². The first kappa shape index (κ1) is 11.9. The summed E-state index contributed by atoms with van der Waals surface area (Å²) in [4.78, 5) is 11.5. The molecule has 0 aromatic rings. The van der Waals surface area contributed by atoms with E-state index in [4.69, 9.17) is 4.74 Å². The normalized spacial score (nSPS) is 40.5. The predicted octanol–water partition coefficient (Wildman–Crippen LogP) is 3.54. The molecule has 2 heteroatoms. The van der Waals surface area contributed by atoms with E-state index in [-0.39, 0.29) is 18.0 Å². The fraction of sp³-hybridized carbons (Fsp3) is 0.929. The quantitative estimate of drug-likeness (QED) is 0.671. The van der Waals surface area contributed by atoms with Gasteiger partial charge in [0.15, 0.2) is 0 Å². The number of hydrogen-bond donors (Lipinski definition) is 0. The second-order valence-electron chi connectivity index (χ2n) is 5.64. The Morgan fingerprint density at radius 3 is 2.38 bits per heavy atom. The van der Waals surface area contributed by atoms with Gasteiger partial charge in [0, 0.05) is 0 Å². The molecule has 0 radical (unpaired) electrons. The molecule has 0 bridgehead atoms. The molecule has 2 unspecified atom stereocenters. The van der Waals surface area contributed by atoms with E-state index in [9.17, 15) is 4.79 Å². The van der Waals surface area contributed by atoms with Crippen LogP contribution in [0.2, 0.25) is 0 Å². The molecule has 0 aromatic heterocycles. The lowest BCUT2D eigenvalue weighted by Crippen LogP contribution is -2.36. The third-order valence-electron chi connectivity index (χ3n) is 4.55. The van der Waals surface area contributed by atoms with Gasteiger partial charge < -0.3 is 4.74 Å². The van der Waals surface area contributed by atoms with Gasteiger partial charge in [-0.05, 0) is 37.5 Å². The Hall–Kier alpha value is -0.530. The fourth-order valence-corrected chi connectivity index (χ4v) is 3.16. The summed E-state index contributed by atoms with van der Waals surface area (Å²) in [5, 5.41) is 0. The van der Waals surface area contributed by atoms with Crippen LogP contribution in [-0.2, 0) is 9.53 Å². The number of cyclic esters (lactones) is 1. The van der Waals surface area contributed by atoms with Crippen molar-refractivity contribution in [2.45, 2.75) is 64.9 Å². The SMILES string of the molecule is CCC1CCC(C2CCC(C)C(=O)O2)CC1. The first-order valence-corrected chi connectivity index (χ1v) is 6.91. The number of hydrogen-bond acceptors (Lipinski definition) is 2. The summed E-state index contributed by atoms with van der Waals surface area (Å²) in [7, 11) is 0. The van der Waals surface area contributed by atoms with Crippen molar-refractivity contribution in [1.82, 2.24) is 0 Å². The maximum absolute atomic E-state index is 11.5. The zero-order valence-electron chi connectivity index (χ0n) is 10.6. The van der Waals surface area contributed by atoms with E-state index in [1.54, 1.807) is 0 Å². The van der Waals surface area contributed by atoms with Crippen molar-refractivity contribution in [3.63, 3.8) is 0 Å². The molecule has 1 saturated carbocycles. The molecule has 0 spiro atoms. The Balaban J connectivity index is 1.83. The minimum atomic E-state index is 0.0360. The largest absolute Gasteiger partial charge is 0.462 e. The van der Waals surface area contributed by atoms with Crippen LogP contribution in [0.5, 0.6) is 0 Å². The third kappa shape index (κ3) is 2.58. The van der Waals surface area contributed by atoms with Gasteiger partial charge in [0.1, 0.15) is 6.10 Å². The lowest BCUT2D eigenvalue weighted by molar-refractivity contribution is -0.164. The van der Waals surface area contributed by atoms with Crippen molar-refractivity contribution in [3.8, 4) is 0 Å². The Morgan fingerprint density at radius 2 is 1.81 bits per heavy atom. The van der Waals surface area contributed by atoms with E-state index in [0.29, 0.717) is 5.92 Å². The van der Waals surface area contributed by atoms with Crippen LogP contribution in [0.4, 0.5) is 0 Å². The van der Waals surface area contributed by atoms with Crippen molar-refractivity contribution in [2.24, 2.45) is 17.8 Å². The average Bonchev–Trinajstić information content (AvgIpc) is 2.33. The van der Waals surface area contributed by atoms with Crippen LogP contribution < -0.4 is 0 Å². The van der Waals surface area contributed by atoms with Crippen molar-refractivity contribution in [2.75, 3.05) is 0 Å². The molecule has 0 aromatic carbocycles. The van der Waals surface area contributed by atoms with Gasteiger partial charge in [0.2, 0.25) is 0 Å². The molecule has 2 atom stereocenters. The lowest BCUT2D eigenvalue weighted by atomic mass is 9.76. The lowest BCUT2D eigenvalue weighted by Gasteiger charge is -2.36. The minimum Gasteiger partial charge on any atom is -0.462 e. The summed E-state index contributed by atoms with van der Waals surface area (Å²) in [6.45, 7) is 4.26. The van der Waals surface area contributed by atoms with E-state index in [1.165, 1.54) is 32.1 Å². The van der Waals surface area contributed by atoms with Gasteiger partial charge >= 0.3 is 5.97 Å². The highest BCUT2D eigenvalue weighted by Crippen LogP contribution is 2.36. The van der Waals surface area contributed by atoms with Gasteiger partial charge in [0.05, 0.1) is 5.92 Å². The van der Waals surface area contributed by atoms with Gasteiger partial charge in [-0.15, -0.1) is 0 Å². The summed E-state index contributed by atoms with van der Waals surface area (Å²) < 4.78 is 5.57. The zero-order valence-corrected chi connectivity index (χ0v) is 10.6. The number of rotatable bonds is 2. The van der Waals surface area contributed by atoms with Gasteiger partial charge in [-0.3, -0.25) is 4.79 Å². The number of carbonyl (C=O) groups is 1. The van der Waals surface area contributed by atoms with Crippen molar-refractivity contribution in [3.05, 3.63) is 0 Å². The second kappa shape index (κ2) is 5.20. The molecule has 1 saturated heterocycles.